The van der Waals surface area contributed by atoms with Crippen molar-refractivity contribution in [2.45, 2.75) is 38.1 Å². The Balaban J connectivity index is 1.36. The number of benzene rings is 2. The van der Waals surface area contributed by atoms with Gasteiger partial charge in [-0.3, -0.25) is 24.3 Å². The molecular weight excluding hydrogens is 496 g/mol. The first-order valence-electron chi connectivity index (χ1n) is 13.0. The predicted octanol–water partition coefficient (Wildman–Crippen LogP) is 3.19. The third kappa shape index (κ3) is 5.49. The molecule has 5 rings (SSSR count). The molecule has 2 saturated heterocycles. The van der Waals surface area contributed by atoms with E-state index in [-0.39, 0.29) is 24.3 Å². The van der Waals surface area contributed by atoms with Gasteiger partial charge in [-0.2, -0.15) is 0 Å². The van der Waals surface area contributed by atoms with Crippen molar-refractivity contribution in [1.82, 2.24) is 20.1 Å². The molecule has 2 fully saturated rings. The average Bonchev–Trinajstić information content (AvgIpc) is 3.34. The monoisotopic (exact) mass is 528 g/mol. The normalized spacial score (nSPS) is 18.2. The van der Waals surface area contributed by atoms with Gasteiger partial charge in [-0.1, -0.05) is 23.8 Å². The van der Waals surface area contributed by atoms with E-state index in [9.17, 15) is 14.4 Å². The van der Waals surface area contributed by atoms with Gasteiger partial charge in [-0.25, -0.2) is 0 Å². The van der Waals surface area contributed by atoms with E-state index in [1.165, 1.54) is 0 Å². The first-order chi connectivity index (χ1) is 18.9. The molecule has 202 valence electrons. The number of hydrogen-bond acceptors (Lipinski definition) is 6. The van der Waals surface area contributed by atoms with Gasteiger partial charge in [-0.05, 0) is 55.0 Å². The molecule has 9 heteroatoms. The minimum atomic E-state index is -0.981. The lowest BCUT2D eigenvalue weighted by atomic mass is 9.95. The average molecular weight is 529 g/mol. The van der Waals surface area contributed by atoms with Crippen LogP contribution in [0.5, 0.6) is 5.75 Å². The maximum atomic E-state index is 13.9. The van der Waals surface area contributed by atoms with Crippen molar-refractivity contribution in [3.8, 4) is 5.75 Å². The van der Waals surface area contributed by atoms with Gasteiger partial charge < -0.3 is 19.7 Å². The second-order valence-electron chi connectivity index (χ2n) is 9.92. The van der Waals surface area contributed by atoms with Gasteiger partial charge in [0.15, 0.2) is 0 Å². The SMILES string of the molecule is COc1cccc(C(=O)N2CCC3(CC2)OCC(C(=O)NCc2ccncc2)N3C(=O)c2cccc(C)c2)c1. The molecule has 2 aromatic carbocycles. The van der Waals surface area contributed by atoms with Gasteiger partial charge in [0, 0.05) is 56.0 Å². The largest absolute Gasteiger partial charge is 0.497 e. The van der Waals surface area contributed by atoms with Crippen LogP contribution in [-0.4, -0.2) is 71.1 Å². The highest BCUT2D eigenvalue weighted by Crippen LogP contribution is 2.39. The summed E-state index contributed by atoms with van der Waals surface area (Å²) < 4.78 is 11.6. The van der Waals surface area contributed by atoms with Crippen LogP contribution in [0.2, 0.25) is 0 Å². The lowest BCUT2D eigenvalue weighted by molar-refractivity contribution is -0.128. The fourth-order valence-corrected chi connectivity index (χ4v) is 5.29. The summed E-state index contributed by atoms with van der Waals surface area (Å²) in [6, 6.07) is 17.3. The zero-order valence-electron chi connectivity index (χ0n) is 22.1. The Hall–Kier alpha value is -4.24. The number of hydrogen-bond donors (Lipinski definition) is 1. The van der Waals surface area contributed by atoms with Crippen LogP contribution in [-0.2, 0) is 16.1 Å². The van der Waals surface area contributed by atoms with Crippen LogP contribution in [0.4, 0.5) is 0 Å². The van der Waals surface area contributed by atoms with Crippen molar-refractivity contribution in [2.75, 3.05) is 26.8 Å². The number of pyridine rings is 1. The third-order valence-electron chi connectivity index (χ3n) is 7.41. The van der Waals surface area contributed by atoms with Gasteiger partial charge in [0.1, 0.15) is 17.5 Å². The number of rotatable bonds is 6. The van der Waals surface area contributed by atoms with Crippen molar-refractivity contribution in [3.63, 3.8) is 0 Å². The second kappa shape index (κ2) is 11.2. The number of amides is 3. The number of nitrogens with zero attached hydrogens (tertiary/aromatic N) is 3. The Morgan fingerprint density at radius 2 is 1.69 bits per heavy atom. The molecule has 3 heterocycles. The van der Waals surface area contributed by atoms with Crippen molar-refractivity contribution in [3.05, 3.63) is 95.3 Å². The minimum absolute atomic E-state index is 0.0869. The number of nitrogens with one attached hydrogen (secondary N) is 1. The number of likely N-dealkylation sites (tertiary alicyclic amines) is 1. The molecule has 1 unspecified atom stereocenters. The maximum absolute atomic E-state index is 13.9. The van der Waals surface area contributed by atoms with E-state index in [0.717, 1.165) is 11.1 Å². The summed E-state index contributed by atoms with van der Waals surface area (Å²) in [6.07, 6.45) is 4.13. The molecule has 1 spiro atoms. The van der Waals surface area contributed by atoms with Gasteiger partial charge >= 0.3 is 0 Å². The number of methoxy groups -OCH3 is 1. The van der Waals surface area contributed by atoms with Crippen LogP contribution < -0.4 is 10.1 Å². The Kier molecular flexibility index (Phi) is 7.60. The van der Waals surface area contributed by atoms with Crippen molar-refractivity contribution in [2.24, 2.45) is 0 Å². The molecule has 0 bridgehead atoms. The molecule has 1 N–H and O–H groups in total. The molecule has 0 aliphatic carbocycles. The standard InChI is InChI=1S/C30H32N4O5/c1-21-5-3-6-23(17-21)29(37)34-26(27(35)32-19-22-9-13-31-14-10-22)20-39-30(34)11-15-33(16-12-30)28(36)24-7-4-8-25(18-24)38-2/h3-10,13-14,17-18,26H,11-12,15-16,19-20H2,1-2H3,(H,32,35). The first kappa shape index (κ1) is 26.4. The van der Waals surface area contributed by atoms with Gasteiger partial charge in [0.2, 0.25) is 5.91 Å². The number of carbonyl (C=O) groups excluding carboxylic acids is 3. The Morgan fingerprint density at radius 1 is 1.00 bits per heavy atom. The summed E-state index contributed by atoms with van der Waals surface area (Å²) in [7, 11) is 1.56. The zero-order chi connectivity index (χ0) is 27.4. The molecule has 3 aromatic rings. The van der Waals surface area contributed by atoms with E-state index in [1.807, 2.05) is 37.3 Å². The summed E-state index contributed by atoms with van der Waals surface area (Å²) >= 11 is 0. The quantitative estimate of drug-likeness (QED) is 0.528. The molecule has 1 aromatic heterocycles. The molecular formula is C30H32N4O5. The van der Waals surface area contributed by atoms with Crippen LogP contribution in [0, 0.1) is 6.92 Å². The number of carbonyl (C=O) groups is 3. The van der Waals surface area contributed by atoms with E-state index in [0.29, 0.717) is 49.4 Å². The van der Waals surface area contributed by atoms with Crippen molar-refractivity contribution >= 4 is 17.7 Å². The fourth-order valence-electron chi connectivity index (χ4n) is 5.29. The summed E-state index contributed by atoms with van der Waals surface area (Å²) in [5.74, 6) is -0.0265. The molecule has 2 aliphatic rings. The molecule has 9 nitrogen and oxygen atoms in total. The number of aryl methyl sites for hydroxylation is 1. The van der Waals surface area contributed by atoms with Crippen LogP contribution >= 0.6 is 0 Å². The maximum Gasteiger partial charge on any atom is 0.256 e. The number of piperidine rings is 1. The Labute approximate surface area is 227 Å². The van der Waals surface area contributed by atoms with E-state index >= 15 is 0 Å². The first-order valence-corrected chi connectivity index (χ1v) is 13.0. The Bertz CT molecular complexity index is 1350. The predicted molar refractivity (Wildman–Crippen MR) is 144 cm³/mol. The van der Waals surface area contributed by atoms with Crippen LogP contribution in [0.25, 0.3) is 0 Å². The van der Waals surface area contributed by atoms with Gasteiger partial charge in [0.05, 0.1) is 13.7 Å². The van der Waals surface area contributed by atoms with E-state index in [2.05, 4.69) is 10.3 Å². The smallest absolute Gasteiger partial charge is 0.256 e. The highest BCUT2D eigenvalue weighted by atomic mass is 16.5. The Morgan fingerprint density at radius 3 is 2.38 bits per heavy atom. The molecule has 3 amide bonds. The van der Waals surface area contributed by atoms with Crippen LogP contribution in [0.15, 0.2) is 73.1 Å². The van der Waals surface area contributed by atoms with Crippen molar-refractivity contribution in [1.29, 1.82) is 0 Å². The number of aromatic nitrogens is 1. The molecule has 2 aliphatic heterocycles. The van der Waals surface area contributed by atoms with E-state index < -0.39 is 11.8 Å². The summed E-state index contributed by atoms with van der Waals surface area (Å²) in [4.78, 5) is 47.9. The lowest BCUT2D eigenvalue weighted by Gasteiger charge is -2.44. The van der Waals surface area contributed by atoms with Gasteiger partial charge in [-0.15, -0.1) is 0 Å². The highest BCUT2D eigenvalue weighted by molar-refractivity contribution is 5.99. The van der Waals surface area contributed by atoms with Crippen molar-refractivity contribution < 1.29 is 23.9 Å². The minimum Gasteiger partial charge on any atom is -0.497 e. The molecule has 0 radical (unpaired) electrons. The summed E-state index contributed by atoms with van der Waals surface area (Å²) in [5, 5.41) is 2.95. The highest BCUT2D eigenvalue weighted by Gasteiger charge is 2.54. The third-order valence-corrected chi connectivity index (χ3v) is 7.41. The fraction of sp³-hybridized carbons (Fsp3) is 0.333. The van der Waals surface area contributed by atoms with E-state index in [4.69, 9.17) is 9.47 Å². The summed E-state index contributed by atoms with van der Waals surface area (Å²) in [5.41, 5.74) is 1.92. The topological polar surface area (TPSA) is 101 Å². The van der Waals surface area contributed by atoms with Gasteiger partial charge in [0.25, 0.3) is 11.8 Å². The lowest BCUT2D eigenvalue weighted by Crippen LogP contribution is -2.59. The second-order valence-corrected chi connectivity index (χ2v) is 9.92. The van der Waals surface area contributed by atoms with Crippen LogP contribution in [0.1, 0.15) is 44.7 Å². The number of ether oxygens (including phenoxy) is 2. The summed E-state index contributed by atoms with van der Waals surface area (Å²) in [6.45, 7) is 3.11. The molecule has 0 saturated carbocycles. The van der Waals surface area contributed by atoms with Crippen LogP contribution in [0.3, 0.4) is 0 Å². The molecule has 1 atom stereocenters. The molecule has 39 heavy (non-hydrogen) atoms. The zero-order valence-corrected chi connectivity index (χ0v) is 22.1. The van der Waals surface area contributed by atoms with E-state index in [1.54, 1.807) is 59.6 Å².